The summed E-state index contributed by atoms with van der Waals surface area (Å²) in [6, 6.07) is 24.1. The quantitative estimate of drug-likeness (QED) is 0.346. The summed E-state index contributed by atoms with van der Waals surface area (Å²) in [7, 11) is 0. The van der Waals surface area contributed by atoms with E-state index in [4.69, 9.17) is 0 Å². The SMILES string of the molecule is C.C=C(c1ccc(C2CCC(C)CC2)cc1)c1ccc2c(c1)C(Cc1ccccc1CC)C(=O)C=C2. The van der Waals surface area contributed by atoms with Gasteiger partial charge in [0.15, 0.2) is 5.78 Å². The average Bonchev–Trinajstić information content (AvgIpc) is 2.90. The highest BCUT2D eigenvalue weighted by molar-refractivity contribution is 6.02. The van der Waals surface area contributed by atoms with Crippen LogP contribution in [-0.2, 0) is 17.6 Å². The van der Waals surface area contributed by atoms with Gasteiger partial charge >= 0.3 is 0 Å². The largest absolute Gasteiger partial charge is 0.294 e. The van der Waals surface area contributed by atoms with Crippen LogP contribution >= 0.6 is 0 Å². The molecule has 1 saturated carbocycles. The number of hydrogen-bond donors (Lipinski definition) is 0. The molecule has 1 nitrogen and oxygen atoms in total. The molecule has 0 bridgehead atoms. The van der Waals surface area contributed by atoms with Gasteiger partial charge in [-0.3, -0.25) is 4.79 Å². The van der Waals surface area contributed by atoms with Gasteiger partial charge in [0.25, 0.3) is 0 Å². The lowest BCUT2D eigenvalue weighted by Crippen LogP contribution is -2.18. The van der Waals surface area contributed by atoms with Crippen LogP contribution in [0.4, 0.5) is 0 Å². The fraction of sp³-hybridized carbons (Fsp3) is 0.343. The first-order valence-electron chi connectivity index (χ1n) is 13.3. The predicted octanol–water partition coefficient (Wildman–Crippen LogP) is 9.16. The molecule has 36 heavy (non-hydrogen) atoms. The maximum Gasteiger partial charge on any atom is 0.163 e. The van der Waals surface area contributed by atoms with Crippen LogP contribution in [0.25, 0.3) is 11.6 Å². The summed E-state index contributed by atoms with van der Waals surface area (Å²) in [5.41, 5.74) is 9.59. The molecule has 186 valence electrons. The van der Waals surface area contributed by atoms with Crippen molar-refractivity contribution in [3.8, 4) is 0 Å². The third-order valence-corrected chi connectivity index (χ3v) is 8.25. The summed E-state index contributed by atoms with van der Waals surface area (Å²) in [4.78, 5) is 13.0. The number of ketones is 1. The van der Waals surface area contributed by atoms with Gasteiger partial charge in [-0.2, -0.15) is 0 Å². The molecule has 0 amide bonds. The molecular formula is C35H40O. The lowest BCUT2D eigenvalue weighted by Gasteiger charge is -2.26. The second-order valence-corrected chi connectivity index (χ2v) is 10.5. The molecule has 0 saturated heterocycles. The topological polar surface area (TPSA) is 17.1 Å². The van der Waals surface area contributed by atoms with E-state index in [0.29, 0.717) is 5.92 Å². The molecule has 0 heterocycles. The number of allylic oxidation sites excluding steroid dienone is 1. The molecule has 3 aromatic rings. The minimum atomic E-state index is -0.147. The monoisotopic (exact) mass is 476 g/mol. The highest BCUT2D eigenvalue weighted by Gasteiger charge is 2.26. The van der Waals surface area contributed by atoms with Gasteiger partial charge < -0.3 is 0 Å². The fourth-order valence-electron chi connectivity index (χ4n) is 5.91. The Morgan fingerprint density at radius 3 is 2.22 bits per heavy atom. The van der Waals surface area contributed by atoms with Gasteiger partial charge in [-0.05, 0) is 94.2 Å². The van der Waals surface area contributed by atoms with Crippen molar-refractivity contribution in [3.05, 3.63) is 118 Å². The third kappa shape index (κ3) is 5.31. The molecular weight excluding hydrogens is 436 g/mol. The number of aryl methyl sites for hydroxylation is 1. The van der Waals surface area contributed by atoms with E-state index in [2.05, 4.69) is 87.2 Å². The van der Waals surface area contributed by atoms with Gasteiger partial charge in [0.2, 0.25) is 0 Å². The maximum absolute atomic E-state index is 13.0. The summed E-state index contributed by atoms with van der Waals surface area (Å²) < 4.78 is 0. The first-order chi connectivity index (χ1) is 17.0. The molecule has 2 aliphatic rings. The Hall–Kier alpha value is -3.19. The molecule has 2 aliphatic carbocycles. The highest BCUT2D eigenvalue weighted by atomic mass is 16.1. The third-order valence-electron chi connectivity index (χ3n) is 8.25. The summed E-state index contributed by atoms with van der Waals surface area (Å²) in [6.07, 6.45) is 10.7. The number of hydrogen-bond acceptors (Lipinski definition) is 1. The predicted molar refractivity (Wildman–Crippen MR) is 154 cm³/mol. The Morgan fingerprint density at radius 1 is 0.861 bits per heavy atom. The summed E-state index contributed by atoms with van der Waals surface area (Å²) in [5, 5.41) is 0. The van der Waals surface area contributed by atoms with Crippen LogP contribution < -0.4 is 0 Å². The maximum atomic E-state index is 13.0. The van der Waals surface area contributed by atoms with Gasteiger partial charge in [-0.15, -0.1) is 0 Å². The van der Waals surface area contributed by atoms with Crippen molar-refractivity contribution in [2.75, 3.05) is 0 Å². The Kier molecular flexibility index (Phi) is 8.09. The normalized spacial score (nSPS) is 20.9. The Bertz CT molecular complexity index is 1250. The number of benzene rings is 3. The first kappa shape index (κ1) is 25.9. The summed E-state index contributed by atoms with van der Waals surface area (Å²) in [6.45, 7) is 9.00. The van der Waals surface area contributed by atoms with Crippen LogP contribution in [0.1, 0.15) is 97.7 Å². The zero-order chi connectivity index (χ0) is 24.4. The van der Waals surface area contributed by atoms with E-state index in [-0.39, 0.29) is 19.1 Å². The number of carbonyl (C=O) groups excluding carboxylic acids is 1. The lowest BCUT2D eigenvalue weighted by atomic mass is 9.79. The lowest BCUT2D eigenvalue weighted by molar-refractivity contribution is -0.116. The van der Waals surface area contributed by atoms with E-state index in [1.54, 1.807) is 6.08 Å². The molecule has 1 unspecified atom stereocenters. The van der Waals surface area contributed by atoms with Gasteiger partial charge in [-0.1, -0.05) is 107 Å². The first-order valence-corrected chi connectivity index (χ1v) is 13.3. The minimum Gasteiger partial charge on any atom is -0.294 e. The van der Waals surface area contributed by atoms with Gasteiger partial charge in [0, 0.05) is 0 Å². The Balaban J connectivity index is 0.00000304. The summed E-state index contributed by atoms with van der Waals surface area (Å²) >= 11 is 0. The zero-order valence-corrected chi connectivity index (χ0v) is 21.1. The van der Waals surface area contributed by atoms with Crippen molar-refractivity contribution in [2.45, 2.75) is 71.6 Å². The molecule has 0 aromatic heterocycles. The molecule has 0 radical (unpaired) electrons. The Labute approximate surface area is 218 Å². The molecule has 1 atom stereocenters. The van der Waals surface area contributed by atoms with Crippen molar-refractivity contribution < 1.29 is 4.79 Å². The highest BCUT2D eigenvalue weighted by Crippen LogP contribution is 2.37. The molecule has 1 heteroatoms. The molecule has 1 fully saturated rings. The van der Waals surface area contributed by atoms with Crippen molar-refractivity contribution >= 4 is 17.4 Å². The van der Waals surface area contributed by atoms with Gasteiger partial charge in [0.1, 0.15) is 0 Å². The van der Waals surface area contributed by atoms with Crippen LogP contribution in [-0.4, -0.2) is 5.78 Å². The van der Waals surface area contributed by atoms with E-state index < -0.39 is 0 Å². The molecule has 0 N–H and O–H groups in total. The number of rotatable bonds is 6. The Morgan fingerprint density at radius 2 is 1.53 bits per heavy atom. The molecule has 0 aliphatic heterocycles. The van der Waals surface area contributed by atoms with E-state index in [0.717, 1.165) is 46.6 Å². The molecule has 0 spiro atoms. The van der Waals surface area contributed by atoms with E-state index in [1.807, 2.05) is 6.08 Å². The average molecular weight is 477 g/mol. The van der Waals surface area contributed by atoms with E-state index >= 15 is 0 Å². The number of fused-ring (bicyclic) bond motifs is 1. The zero-order valence-electron chi connectivity index (χ0n) is 21.1. The summed E-state index contributed by atoms with van der Waals surface area (Å²) in [5.74, 6) is 1.61. The van der Waals surface area contributed by atoms with Gasteiger partial charge in [0.05, 0.1) is 5.92 Å². The van der Waals surface area contributed by atoms with Crippen LogP contribution in [0.15, 0.2) is 79.4 Å². The standard InChI is InChI=1S/C34H36O.CH4/c1-4-25-7-5-6-8-31(25)22-33-32-21-30(18-17-29(32)19-20-34(33)35)24(3)26-13-15-28(16-14-26)27-11-9-23(2)10-12-27;/h5-8,13-21,23,27,33H,3-4,9-12,22H2,1-2H3;1H4. The van der Waals surface area contributed by atoms with Crippen LogP contribution in [0.2, 0.25) is 0 Å². The minimum absolute atomic E-state index is 0. The van der Waals surface area contributed by atoms with Crippen molar-refractivity contribution in [2.24, 2.45) is 5.92 Å². The number of carbonyl (C=O) groups is 1. The van der Waals surface area contributed by atoms with Crippen molar-refractivity contribution in [3.63, 3.8) is 0 Å². The second kappa shape index (κ2) is 11.2. The fourth-order valence-corrected chi connectivity index (χ4v) is 5.91. The van der Waals surface area contributed by atoms with Crippen LogP contribution in [0.5, 0.6) is 0 Å². The second-order valence-electron chi connectivity index (χ2n) is 10.5. The van der Waals surface area contributed by atoms with E-state index in [1.165, 1.54) is 42.4 Å². The molecule has 3 aromatic carbocycles. The van der Waals surface area contributed by atoms with Crippen LogP contribution in [0.3, 0.4) is 0 Å². The van der Waals surface area contributed by atoms with Gasteiger partial charge in [-0.25, -0.2) is 0 Å². The van der Waals surface area contributed by atoms with Crippen molar-refractivity contribution in [1.82, 2.24) is 0 Å². The van der Waals surface area contributed by atoms with E-state index in [9.17, 15) is 4.79 Å². The smallest absolute Gasteiger partial charge is 0.163 e. The van der Waals surface area contributed by atoms with Crippen LogP contribution in [0, 0.1) is 5.92 Å². The molecule has 5 rings (SSSR count). The van der Waals surface area contributed by atoms with Crippen molar-refractivity contribution in [1.29, 1.82) is 0 Å².